The van der Waals surface area contributed by atoms with Gasteiger partial charge in [0.05, 0.1) is 25.5 Å². The van der Waals surface area contributed by atoms with Gasteiger partial charge >= 0.3 is 0 Å². The molecule has 26 heavy (non-hydrogen) atoms. The highest BCUT2D eigenvalue weighted by Gasteiger charge is 2.18. The topological polar surface area (TPSA) is 74.9 Å². The Labute approximate surface area is 174 Å². The molecule has 0 saturated carbocycles. The monoisotopic (exact) mass is 479 g/mol. The minimum absolute atomic E-state index is 0. The quantitative estimate of drug-likeness (QED) is 0.355. The molecular weight excluding hydrogens is 445 g/mol. The van der Waals surface area contributed by atoms with Crippen LogP contribution in [0.4, 0.5) is 0 Å². The summed E-state index contributed by atoms with van der Waals surface area (Å²) in [5, 5.41) is 10.8. The summed E-state index contributed by atoms with van der Waals surface area (Å²) < 4.78 is 10.7. The van der Waals surface area contributed by atoms with Gasteiger partial charge < -0.3 is 19.9 Å². The maximum atomic E-state index is 5.42. The minimum Gasteiger partial charge on any atom is -0.379 e. The van der Waals surface area contributed by atoms with Gasteiger partial charge in [0, 0.05) is 43.7 Å². The molecule has 8 heteroatoms. The molecule has 150 valence electrons. The summed E-state index contributed by atoms with van der Waals surface area (Å²) in [5.41, 5.74) is 2.15. The van der Waals surface area contributed by atoms with Crippen LogP contribution in [0.15, 0.2) is 9.52 Å². The van der Waals surface area contributed by atoms with Crippen LogP contribution in [0.1, 0.15) is 43.7 Å². The van der Waals surface area contributed by atoms with Crippen LogP contribution in [0.2, 0.25) is 0 Å². The fraction of sp³-hybridized carbons (Fsp3) is 0.778. The van der Waals surface area contributed by atoms with Crippen LogP contribution < -0.4 is 10.6 Å². The zero-order chi connectivity index (χ0) is 18.2. The first-order valence-corrected chi connectivity index (χ1v) is 9.29. The Morgan fingerprint density at radius 3 is 2.50 bits per heavy atom. The molecule has 1 aromatic rings. The molecule has 1 aliphatic heterocycles. The Bertz CT molecular complexity index is 538. The average molecular weight is 479 g/mol. The molecule has 0 spiro atoms. The summed E-state index contributed by atoms with van der Waals surface area (Å²) in [5.74, 6) is 2.07. The van der Waals surface area contributed by atoms with Crippen molar-refractivity contribution in [2.75, 3.05) is 45.9 Å². The van der Waals surface area contributed by atoms with Crippen molar-refractivity contribution < 1.29 is 9.26 Å². The van der Waals surface area contributed by atoms with E-state index in [-0.39, 0.29) is 24.0 Å². The van der Waals surface area contributed by atoms with Crippen molar-refractivity contribution in [3.05, 3.63) is 17.0 Å². The lowest BCUT2D eigenvalue weighted by atomic mass is 10.00. The highest BCUT2D eigenvalue weighted by atomic mass is 127. The van der Waals surface area contributed by atoms with Gasteiger partial charge in [-0.1, -0.05) is 12.1 Å². The van der Waals surface area contributed by atoms with E-state index >= 15 is 0 Å². The van der Waals surface area contributed by atoms with Gasteiger partial charge in [-0.05, 0) is 27.7 Å². The van der Waals surface area contributed by atoms with E-state index in [1.807, 2.05) is 13.8 Å². The second kappa shape index (κ2) is 11.8. The smallest absolute Gasteiger partial charge is 0.191 e. The third-order valence-corrected chi connectivity index (χ3v) is 4.68. The van der Waals surface area contributed by atoms with E-state index < -0.39 is 0 Å². The number of halogens is 1. The van der Waals surface area contributed by atoms with Gasteiger partial charge in [-0.25, -0.2) is 0 Å². The van der Waals surface area contributed by atoms with Crippen molar-refractivity contribution in [1.82, 2.24) is 20.7 Å². The molecule has 1 fully saturated rings. The van der Waals surface area contributed by atoms with Crippen molar-refractivity contribution in [2.24, 2.45) is 4.99 Å². The van der Waals surface area contributed by atoms with Gasteiger partial charge in [-0.2, -0.15) is 0 Å². The predicted octanol–water partition coefficient (Wildman–Crippen LogP) is 2.29. The normalized spacial score (nSPS) is 18.1. The van der Waals surface area contributed by atoms with Gasteiger partial charge in [-0.15, -0.1) is 24.0 Å². The number of hydrogen-bond acceptors (Lipinski definition) is 5. The fourth-order valence-electron chi connectivity index (χ4n) is 3.24. The molecule has 2 rings (SSSR count). The third kappa shape index (κ3) is 6.70. The SMILES string of the molecule is CCNC(=NCC(C)N1CCOCC1)NCC(C)c1c(C)noc1C.I. The van der Waals surface area contributed by atoms with Gasteiger partial charge in [0.15, 0.2) is 5.96 Å². The number of aryl methyl sites for hydroxylation is 2. The molecule has 0 aromatic carbocycles. The number of nitrogens with one attached hydrogen (secondary N) is 2. The number of ether oxygens (including phenoxy) is 1. The van der Waals surface area contributed by atoms with Crippen molar-refractivity contribution >= 4 is 29.9 Å². The summed E-state index contributed by atoms with van der Waals surface area (Å²) in [4.78, 5) is 7.19. The van der Waals surface area contributed by atoms with Crippen LogP contribution in [-0.4, -0.2) is 68.0 Å². The number of guanidine groups is 1. The molecule has 1 saturated heterocycles. The second-order valence-electron chi connectivity index (χ2n) is 6.74. The molecular formula is C18H34IN5O2. The van der Waals surface area contributed by atoms with E-state index in [1.54, 1.807) is 0 Å². The van der Waals surface area contributed by atoms with E-state index in [2.05, 4.69) is 41.5 Å². The molecule has 7 nitrogen and oxygen atoms in total. The highest BCUT2D eigenvalue weighted by Crippen LogP contribution is 2.22. The standard InChI is InChI=1S/C18H33N5O2.HI/c1-6-19-18(21-12-14(3)23-7-9-24-10-8-23)20-11-13(2)17-15(4)22-25-16(17)5;/h13-14H,6-12H2,1-5H3,(H2,19,20,21);1H. The van der Waals surface area contributed by atoms with Crippen LogP contribution in [0.25, 0.3) is 0 Å². The molecule has 0 amide bonds. The molecule has 1 aromatic heterocycles. The van der Waals surface area contributed by atoms with E-state index in [0.29, 0.717) is 12.0 Å². The fourth-order valence-corrected chi connectivity index (χ4v) is 3.24. The van der Waals surface area contributed by atoms with Gasteiger partial charge in [0.2, 0.25) is 0 Å². The van der Waals surface area contributed by atoms with E-state index in [1.165, 1.54) is 5.56 Å². The Balaban J connectivity index is 0.00000338. The third-order valence-electron chi connectivity index (χ3n) is 4.68. The Kier molecular flexibility index (Phi) is 10.5. The molecule has 2 atom stereocenters. The van der Waals surface area contributed by atoms with E-state index in [9.17, 15) is 0 Å². The minimum atomic E-state index is 0. The van der Waals surface area contributed by atoms with Crippen LogP contribution >= 0.6 is 24.0 Å². The maximum absolute atomic E-state index is 5.42. The first-order chi connectivity index (χ1) is 12.0. The number of aromatic nitrogens is 1. The van der Waals surface area contributed by atoms with Gasteiger partial charge in [0.25, 0.3) is 0 Å². The van der Waals surface area contributed by atoms with Gasteiger partial charge in [0.1, 0.15) is 5.76 Å². The van der Waals surface area contributed by atoms with Gasteiger partial charge in [-0.3, -0.25) is 9.89 Å². The maximum Gasteiger partial charge on any atom is 0.191 e. The zero-order valence-corrected chi connectivity index (χ0v) is 19.0. The molecule has 1 aliphatic rings. The summed E-state index contributed by atoms with van der Waals surface area (Å²) in [6, 6.07) is 0.416. The summed E-state index contributed by atoms with van der Waals surface area (Å²) in [6.07, 6.45) is 0. The summed E-state index contributed by atoms with van der Waals surface area (Å²) >= 11 is 0. The zero-order valence-electron chi connectivity index (χ0n) is 16.7. The van der Waals surface area contributed by atoms with Crippen LogP contribution in [0, 0.1) is 13.8 Å². The average Bonchev–Trinajstić information content (AvgIpc) is 2.96. The van der Waals surface area contributed by atoms with Crippen LogP contribution in [0.3, 0.4) is 0 Å². The molecule has 2 heterocycles. The number of morpholine rings is 1. The molecule has 0 radical (unpaired) electrons. The van der Waals surface area contributed by atoms with Crippen molar-refractivity contribution in [1.29, 1.82) is 0 Å². The highest BCUT2D eigenvalue weighted by molar-refractivity contribution is 14.0. The summed E-state index contributed by atoms with van der Waals surface area (Å²) in [6.45, 7) is 16.5. The lowest BCUT2D eigenvalue weighted by Gasteiger charge is -2.31. The predicted molar refractivity (Wildman–Crippen MR) is 116 cm³/mol. The Hall–Kier alpha value is -0.870. The first kappa shape index (κ1) is 23.2. The molecule has 2 unspecified atom stereocenters. The lowest BCUT2D eigenvalue weighted by molar-refractivity contribution is 0.0220. The number of rotatable bonds is 7. The second-order valence-corrected chi connectivity index (χ2v) is 6.74. The first-order valence-electron chi connectivity index (χ1n) is 9.29. The molecule has 0 bridgehead atoms. The van der Waals surface area contributed by atoms with Crippen LogP contribution in [0.5, 0.6) is 0 Å². The lowest BCUT2D eigenvalue weighted by Crippen LogP contribution is -2.44. The molecule has 0 aliphatic carbocycles. The van der Waals surface area contributed by atoms with Crippen molar-refractivity contribution in [3.63, 3.8) is 0 Å². The van der Waals surface area contributed by atoms with E-state index in [4.69, 9.17) is 14.3 Å². The molecule has 2 N–H and O–H groups in total. The summed E-state index contributed by atoms with van der Waals surface area (Å²) in [7, 11) is 0. The van der Waals surface area contributed by atoms with Crippen molar-refractivity contribution in [2.45, 2.75) is 46.6 Å². The van der Waals surface area contributed by atoms with Crippen LogP contribution in [-0.2, 0) is 4.74 Å². The number of hydrogen-bond donors (Lipinski definition) is 2. The van der Waals surface area contributed by atoms with E-state index in [0.717, 1.165) is 63.4 Å². The number of aliphatic imine (C=N–C) groups is 1. The van der Waals surface area contributed by atoms with Crippen molar-refractivity contribution in [3.8, 4) is 0 Å². The Morgan fingerprint density at radius 1 is 1.23 bits per heavy atom. The number of nitrogens with zero attached hydrogens (tertiary/aromatic N) is 3. The largest absolute Gasteiger partial charge is 0.379 e. The Morgan fingerprint density at radius 2 is 1.92 bits per heavy atom.